The molecule has 180 valence electrons. The first-order valence-electron chi connectivity index (χ1n) is 11.5. The van der Waals surface area contributed by atoms with Crippen LogP contribution in [0.25, 0.3) is 5.65 Å². The van der Waals surface area contributed by atoms with Crippen molar-refractivity contribution >= 4 is 28.9 Å². The molecule has 1 unspecified atom stereocenters. The number of fused-ring (bicyclic) bond motifs is 1. The molecule has 3 atom stereocenters. The van der Waals surface area contributed by atoms with Gasteiger partial charge in [-0.25, -0.2) is 4.98 Å². The van der Waals surface area contributed by atoms with Gasteiger partial charge in [0.2, 0.25) is 0 Å². The zero-order valence-electron chi connectivity index (χ0n) is 19.3. The quantitative estimate of drug-likeness (QED) is 0.482. The smallest absolute Gasteiger partial charge is 0.274 e. The predicted molar refractivity (Wildman–Crippen MR) is 127 cm³/mol. The lowest BCUT2D eigenvalue weighted by Crippen LogP contribution is -2.51. The highest BCUT2D eigenvalue weighted by atomic mass is 16.5. The first-order chi connectivity index (χ1) is 16.6. The third kappa shape index (κ3) is 4.12. The molecule has 1 aliphatic carbocycles. The van der Waals surface area contributed by atoms with Gasteiger partial charge in [0.25, 0.3) is 11.5 Å². The monoisotopic (exact) mass is 467 g/mol. The summed E-state index contributed by atoms with van der Waals surface area (Å²) in [5.74, 6) is 0.800. The first kappa shape index (κ1) is 22.4. The van der Waals surface area contributed by atoms with E-state index in [2.05, 4.69) is 26.0 Å². The van der Waals surface area contributed by atoms with Crippen molar-refractivity contribution in [2.75, 3.05) is 38.0 Å². The number of hydrogen-bond acceptors (Lipinski definition) is 8. The van der Waals surface area contributed by atoms with Gasteiger partial charge in [-0.05, 0) is 37.8 Å². The van der Waals surface area contributed by atoms with E-state index in [0.717, 1.165) is 32.3 Å². The van der Waals surface area contributed by atoms with Crippen LogP contribution in [0, 0.1) is 0 Å². The van der Waals surface area contributed by atoms with Crippen molar-refractivity contribution in [1.82, 2.24) is 24.5 Å². The molecule has 5 rings (SSSR count). The Hall–Kier alpha value is -3.44. The van der Waals surface area contributed by atoms with E-state index in [1.165, 1.54) is 6.20 Å². The number of carbonyl (C=O) groups excluding carboxylic acids is 1. The Bertz CT molecular complexity index is 1250. The lowest BCUT2D eigenvalue weighted by molar-refractivity contribution is 0.00732. The Morgan fingerprint density at radius 3 is 2.88 bits per heavy atom. The van der Waals surface area contributed by atoms with E-state index < -0.39 is 0 Å². The molecule has 2 aliphatic rings. The molecule has 1 saturated heterocycles. The zero-order chi connectivity index (χ0) is 23.7. The molecule has 4 heterocycles. The van der Waals surface area contributed by atoms with Gasteiger partial charge in [-0.15, -0.1) is 0 Å². The Kier molecular flexibility index (Phi) is 6.20. The van der Waals surface area contributed by atoms with E-state index in [0.29, 0.717) is 35.1 Å². The molecule has 0 bridgehead atoms. The van der Waals surface area contributed by atoms with Gasteiger partial charge in [0, 0.05) is 33.0 Å². The van der Waals surface area contributed by atoms with Crippen molar-refractivity contribution in [3.63, 3.8) is 0 Å². The number of nitrogens with zero attached hydrogens (tertiary/aromatic N) is 4. The number of methoxy groups -OCH3 is 1. The number of hydrogen-bond donors (Lipinski definition) is 3. The van der Waals surface area contributed by atoms with Crippen LogP contribution >= 0.6 is 0 Å². The van der Waals surface area contributed by atoms with E-state index >= 15 is 0 Å². The third-order valence-corrected chi connectivity index (χ3v) is 6.57. The van der Waals surface area contributed by atoms with Crippen LogP contribution in [0.15, 0.2) is 35.4 Å². The van der Waals surface area contributed by atoms with E-state index in [1.807, 2.05) is 6.07 Å². The molecule has 11 nitrogen and oxygen atoms in total. The number of pyridine rings is 1. The van der Waals surface area contributed by atoms with Crippen molar-refractivity contribution in [2.45, 2.75) is 43.9 Å². The van der Waals surface area contributed by atoms with Crippen LogP contribution in [0.1, 0.15) is 42.1 Å². The van der Waals surface area contributed by atoms with Gasteiger partial charge >= 0.3 is 0 Å². The summed E-state index contributed by atoms with van der Waals surface area (Å²) in [6, 6.07) is 5.29. The molecule has 1 saturated carbocycles. The molecule has 11 heteroatoms. The molecule has 1 aliphatic heterocycles. The molecule has 2 fully saturated rings. The minimum absolute atomic E-state index is 0.0128. The van der Waals surface area contributed by atoms with Gasteiger partial charge in [-0.3, -0.25) is 9.59 Å². The van der Waals surface area contributed by atoms with Crippen LogP contribution in [-0.4, -0.2) is 64.6 Å². The molecular formula is C23H29N7O4. The second-order valence-electron chi connectivity index (χ2n) is 8.63. The number of aromatic nitrogens is 4. The topological polar surface area (TPSA) is 124 Å². The predicted octanol–water partition coefficient (Wildman–Crippen LogP) is 1.93. The summed E-state index contributed by atoms with van der Waals surface area (Å²) in [5, 5.41) is 13.6. The van der Waals surface area contributed by atoms with Gasteiger partial charge in [-0.2, -0.15) is 9.61 Å². The fourth-order valence-corrected chi connectivity index (χ4v) is 4.50. The lowest BCUT2D eigenvalue weighted by Gasteiger charge is -2.35. The summed E-state index contributed by atoms with van der Waals surface area (Å²) in [6.45, 7) is 1.25. The largest absolute Gasteiger partial charge is 0.379 e. The van der Waals surface area contributed by atoms with Crippen LogP contribution in [-0.2, 0) is 9.47 Å². The van der Waals surface area contributed by atoms with Gasteiger partial charge in [-0.1, -0.05) is 0 Å². The van der Waals surface area contributed by atoms with Crippen LogP contribution < -0.4 is 21.5 Å². The number of carbonyl (C=O) groups is 1. The van der Waals surface area contributed by atoms with Crippen molar-refractivity contribution in [1.29, 1.82) is 0 Å². The summed E-state index contributed by atoms with van der Waals surface area (Å²) in [6.07, 6.45) is 6.94. The fourth-order valence-electron chi connectivity index (χ4n) is 4.50. The Labute approximate surface area is 196 Å². The summed E-state index contributed by atoms with van der Waals surface area (Å²) in [7, 11) is 3.41. The Morgan fingerprint density at radius 2 is 2.18 bits per heavy atom. The molecule has 34 heavy (non-hydrogen) atoms. The molecule has 0 spiro atoms. The second-order valence-corrected chi connectivity index (χ2v) is 8.63. The molecular weight excluding hydrogens is 438 g/mol. The highest BCUT2D eigenvalue weighted by Gasteiger charge is 2.33. The molecule has 3 aromatic heterocycles. The molecule has 3 aromatic rings. The standard InChI is InChI=1S/C23H29N7O4/c1-24-20-11-19(26-17-6-3-9-29(23(17)32)14-5-4-10-34-13-14)28-21-15(12-25-30(20)21)22(31)27-16-7-8-18(16)33-2/h3,6,9,11-12,14,16,18,24H,4-5,7-8,10,13H2,1-2H3,(H,26,28)(H,27,31)/t14?,16-,18-/m0/s1. The first-order valence-corrected chi connectivity index (χ1v) is 11.5. The van der Waals surface area contributed by atoms with E-state index in [-0.39, 0.29) is 29.7 Å². The summed E-state index contributed by atoms with van der Waals surface area (Å²) < 4.78 is 14.2. The Balaban J connectivity index is 1.44. The van der Waals surface area contributed by atoms with Gasteiger partial charge < -0.3 is 30.0 Å². The van der Waals surface area contributed by atoms with E-state index in [9.17, 15) is 9.59 Å². The Morgan fingerprint density at radius 1 is 1.29 bits per heavy atom. The molecule has 0 radical (unpaired) electrons. The fraction of sp³-hybridized carbons (Fsp3) is 0.478. The number of rotatable bonds is 7. The number of nitrogens with one attached hydrogen (secondary N) is 3. The summed E-state index contributed by atoms with van der Waals surface area (Å²) in [4.78, 5) is 30.7. The highest BCUT2D eigenvalue weighted by molar-refractivity contribution is 6.00. The maximum atomic E-state index is 13.1. The summed E-state index contributed by atoms with van der Waals surface area (Å²) in [5.41, 5.74) is 0.992. The molecule has 1 amide bonds. The van der Waals surface area contributed by atoms with Crippen molar-refractivity contribution in [3.8, 4) is 0 Å². The van der Waals surface area contributed by atoms with Crippen LogP contribution in [0.2, 0.25) is 0 Å². The minimum Gasteiger partial charge on any atom is -0.379 e. The van der Waals surface area contributed by atoms with Crippen molar-refractivity contribution in [3.05, 3.63) is 46.5 Å². The van der Waals surface area contributed by atoms with E-state index in [1.54, 1.807) is 41.6 Å². The maximum Gasteiger partial charge on any atom is 0.274 e. The average molecular weight is 468 g/mol. The molecule has 3 N–H and O–H groups in total. The zero-order valence-corrected chi connectivity index (χ0v) is 19.3. The van der Waals surface area contributed by atoms with Crippen LogP contribution in [0.3, 0.4) is 0 Å². The summed E-state index contributed by atoms with van der Waals surface area (Å²) >= 11 is 0. The third-order valence-electron chi connectivity index (χ3n) is 6.57. The van der Waals surface area contributed by atoms with Gasteiger partial charge in [0.1, 0.15) is 22.9 Å². The average Bonchev–Trinajstić information content (AvgIpc) is 3.27. The van der Waals surface area contributed by atoms with Crippen LogP contribution in [0.4, 0.5) is 17.3 Å². The van der Waals surface area contributed by atoms with Crippen molar-refractivity contribution in [2.24, 2.45) is 0 Å². The van der Waals surface area contributed by atoms with E-state index in [4.69, 9.17) is 9.47 Å². The number of anilines is 3. The normalized spacial score (nSPS) is 22.2. The maximum absolute atomic E-state index is 13.1. The SMILES string of the molecule is CNc1cc(Nc2cccn(C3CCCOC3)c2=O)nc2c(C(=O)N[C@H]3CC[C@@H]3OC)cnn12. The van der Waals surface area contributed by atoms with Crippen molar-refractivity contribution < 1.29 is 14.3 Å². The van der Waals surface area contributed by atoms with Gasteiger partial charge in [0.05, 0.1) is 31.0 Å². The minimum atomic E-state index is -0.257. The van der Waals surface area contributed by atoms with Gasteiger partial charge in [0.15, 0.2) is 5.65 Å². The molecule has 0 aromatic carbocycles. The highest BCUT2D eigenvalue weighted by Crippen LogP contribution is 2.25. The van der Waals surface area contributed by atoms with Crippen LogP contribution in [0.5, 0.6) is 0 Å². The number of amides is 1. The second kappa shape index (κ2) is 9.43. The lowest BCUT2D eigenvalue weighted by atomic mass is 9.89. The number of ether oxygens (including phenoxy) is 2.